The van der Waals surface area contributed by atoms with E-state index >= 15 is 0 Å². The SMILES string of the molecule is Cc1cc(N)c2c(c1)C(C=O)C(OCc1ccccc1)=C(c1ccc(OCc3ccccc3)c(CN)c1)O2. The van der Waals surface area contributed by atoms with Crippen LogP contribution < -0.4 is 20.9 Å². The van der Waals surface area contributed by atoms with Crippen LogP contribution in [0.2, 0.25) is 0 Å². The normalized spacial score (nSPS) is 14.4. The van der Waals surface area contributed by atoms with Gasteiger partial charge in [0, 0.05) is 23.2 Å². The highest BCUT2D eigenvalue weighted by Gasteiger charge is 2.34. The Morgan fingerprint density at radius 1 is 0.868 bits per heavy atom. The third kappa shape index (κ3) is 5.26. The number of carbonyl (C=O) groups is 1. The molecule has 6 nitrogen and oxygen atoms in total. The van der Waals surface area contributed by atoms with E-state index in [4.69, 9.17) is 25.7 Å². The number of benzene rings is 4. The Kier molecular flexibility index (Phi) is 7.43. The predicted octanol–water partition coefficient (Wildman–Crippen LogP) is 5.88. The van der Waals surface area contributed by atoms with Crippen LogP contribution in [-0.4, -0.2) is 6.29 Å². The summed E-state index contributed by atoms with van der Waals surface area (Å²) in [6, 6.07) is 29.2. The third-order valence-electron chi connectivity index (χ3n) is 6.49. The number of hydrogen-bond acceptors (Lipinski definition) is 6. The molecule has 6 heteroatoms. The largest absolute Gasteiger partial charge is 0.489 e. The van der Waals surface area contributed by atoms with Crippen LogP contribution in [0.25, 0.3) is 5.76 Å². The van der Waals surface area contributed by atoms with Crippen molar-refractivity contribution in [2.75, 3.05) is 5.73 Å². The second-order valence-electron chi connectivity index (χ2n) is 9.26. The number of nitrogen functional groups attached to an aromatic ring is 1. The summed E-state index contributed by atoms with van der Waals surface area (Å²) in [5.74, 6) is 1.35. The van der Waals surface area contributed by atoms with Crippen molar-refractivity contribution in [3.63, 3.8) is 0 Å². The van der Waals surface area contributed by atoms with Crippen molar-refractivity contribution in [1.82, 2.24) is 0 Å². The zero-order chi connectivity index (χ0) is 26.5. The summed E-state index contributed by atoms with van der Waals surface area (Å²) in [4.78, 5) is 12.5. The van der Waals surface area contributed by atoms with E-state index in [1.165, 1.54) is 0 Å². The number of anilines is 1. The van der Waals surface area contributed by atoms with Crippen molar-refractivity contribution in [1.29, 1.82) is 0 Å². The highest BCUT2D eigenvalue weighted by molar-refractivity contribution is 5.82. The van der Waals surface area contributed by atoms with Crippen molar-refractivity contribution in [2.24, 2.45) is 5.73 Å². The zero-order valence-corrected chi connectivity index (χ0v) is 21.2. The number of ether oxygens (including phenoxy) is 3. The number of allylic oxidation sites excluding steroid dienone is 1. The molecule has 0 aromatic heterocycles. The molecule has 4 aromatic rings. The van der Waals surface area contributed by atoms with Crippen LogP contribution in [-0.2, 0) is 29.3 Å². The first-order chi connectivity index (χ1) is 18.6. The highest BCUT2D eigenvalue weighted by Crippen LogP contribution is 2.46. The van der Waals surface area contributed by atoms with Crippen LogP contribution in [0, 0.1) is 6.92 Å². The molecule has 4 N–H and O–H groups in total. The van der Waals surface area contributed by atoms with Crippen molar-refractivity contribution < 1.29 is 19.0 Å². The molecule has 5 rings (SSSR count). The molecular formula is C32H30N2O4. The molecule has 0 saturated heterocycles. The van der Waals surface area contributed by atoms with Crippen LogP contribution in [0.1, 0.15) is 39.3 Å². The van der Waals surface area contributed by atoms with E-state index in [0.29, 0.717) is 40.9 Å². The molecule has 192 valence electrons. The number of carbonyl (C=O) groups excluding carboxylic acids is 1. The summed E-state index contributed by atoms with van der Waals surface area (Å²) in [6.45, 7) is 2.91. The first-order valence-electron chi connectivity index (χ1n) is 12.5. The lowest BCUT2D eigenvalue weighted by Crippen LogP contribution is -2.20. The van der Waals surface area contributed by atoms with Gasteiger partial charge in [0.1, 0.15) is 31.2 Å². The second-order valence-corrected chi connectivity index (χ2v) is 9.26. The summed E-state index contributed by atoms with van der Waals surface area (Å²) in [6.07, 6.45) is 0.877. The van der Waals surface area contributed by atoms with Gasteiger partial charge in [0.15, 0.2) is 17.3 Å². The minimum Gasteiger partial charge on any atom is -0.489 e. The molecule has 4 aromatic carbocycles. The average Bonchev–Trinajstić information content (AvgIpc) is 2.95. The van der Waals surface area contributed by atoms with Gasteiger partial charge in [-0.25, -0.2) is 0 Å². The molecule has 1 unspecified atom stereocenters. The van der Waals surface area contributed by atoms with Crippen LogP contribution in [0.3, 0.4) is 0 Å². The topological polar surface area (TPSA) is 96.8 Å². The fourth-order valence-corrected chi connectivity index (χ4v) is 4.60. The monoisotopic (exact) mass is 506 g/mol. The zero-order valence-electron chi connectivity index (χ0n) is 21.2. The molecule has 1 heterocycles. The van der Waals surface area contributed by atoms with Crippen molar-refractivity contribution in [3.8, 4) is 11.5 Å². The number of nitrogens with two attached hydrogens (primary N) is 2. The number of hydrogen-bond donors (Lipinski definition) is 2. The smallest absolute Gasteiger partial charge is 0.173 e. The van der Waals surface area contributed by atoms with Crippen LogP contribution in [0.15, 0.2) is 96.8 Å². The number of fused-ring (bicyclic) bond motifs is 1. The Bertz CT molecular complexity index is 1470. The summed E-state index contributed by atoms with van der Waals surface area (Å²) in [7, 11) is 0. The Balaban J connectivity index is 1.54. The van der Waals surface area contributed by atoms with Crippen LogP contribution >= 0.6 is 0 Å². The van der Waals surface area contributed by atoms with Crippen molar-refractivity contribution >= 4 is 17.7 Å². The van der Waals surface area contributed by atoms with Gasteiger partial charge < -0.3 is 30.5 Å². The minimum atomic E-state index is -0.671. The maximum atomic E-state index is 12.5. The average molecular weight is 507 g/mol. The Morgan fingerprint density at radius 2 is 1.53 bits per heavy atom. The van der Waals surface area contributed by atoms with Crippen molar-refractivity contribution in [2.45, 2.75) is 32.6 Å². The fraction of sp³-hybridized carbons (Fsp3) is 0.156. The quantitative estimate of drug-likeness (QED) is 0.218. The maximum Gasteiger partial charge on any atom is 0.173 e. The molecular weight excluding hydrogens is 476 g/mol. The van der Waals surface area contributed by atoms with Gasteiger partial charge in [0.05, 0.1) is 5.69 Å². The summed E-state index contributed by atoms with van der Waals surface area (Å²) in [5.41, 5.74) is 18.1. The number of aryl methyl sites for hydroxylation is 1. The van der Waals surface area contributed by atoms with E-state index in [2.05, 4.69) is 0 Å². The van der Waals surface area contributed by atoms with Gasteiger partial charge in [-0.15, -0.1) is 0 Å². The van der Waals surface area contributed by atoms with Gasteiger partial charge in [-0.2, -0.15) is 0 Å². The Morgan fingerprint density at radius 3 is 2.16 bits per heavy atom. The molecule has 1 aliphatic heterocycles. The third-order valence-corrected chi connectivity index (χ3v) is 6.49. The van der Waals surface area contributed by atoms with E-state index in [9.17, 15) is 4.79 Å². The highest BCUT2D eigenvalue weighted by atomic mass is 16.5. The van der Waals surface area contributed by atoms with E-state index in [1.54, 1.807) is 0 Å². The standard InChI is InChI=1S/C32H30N2O4/c1-21-14-26-27(18-35)32(37-20-23-10-6-3-7-11-23)30(38-31(26)28(34)15-21)24-12-13-29(25(16-24)17-33)36-19-22-8-4-2-5-9-22/h2-16,18,27H,17,19-20,33-34H2,1H3. The van der Waals surface area contributed by atoms with Gasteiger partial charge in [-0.3, -0.25) is 0 Å². The molecule has 38 heavy (non-hydrogen) atoms. The first kappa shape index (κ1) is 25.1. The fourth-order valence-electron chi connectivity index (χ4n) is 4.60. The van der Waals surface area contributed by atoms with Gasteiger partial charge in [0.2, 0.25) is 0 Å². The minimum absolute atomic E-state index is 0.264. The summed E-state index contributed by atoms with van der Waals surface area (Å²) in [5, 5.41) is 0. The lowest BCUT2D eigenvalue weighted by Gasteiger charge is -2.29. The molecule has 0 radical (unpaired) electrons. The van der Waals surface area contributed by atoms with E-state index in [-0.39, 0.29) is 13.2 Å². The summed E-state index contributed by atoms with van der Waals surface area (Å²) < 4.78 is 18.8. The molecule has 0 bridgehead atoms. The number of aldehydes is 1. The van der Waals surface area contributed by atoms with E-state index in [0.717, 1.165) is 34.1 Å². The Labute approximate surface area is 222 Å². The molecule has 0 amide bonds. The van der Waals surface area contributed by atoms with Crippen LogP contribution in [0.5, 0.6) is 11.5 Å². The molecule has 0 aliphatic carbocycles. The van der Waals surface area contributed by atoms with Crippen molar-refractivity contribution in [3.05, 3.63) is 130 Å². The van der Waals surface area contributed by atoms with Gasteiger partial charge >= 0.3 is 0 Å². The molecule has 1 atom stereocenters. The first-order valence-corrected chi connectivity index (χ1v) is 12.5. The van der Waals surface area contributed by atoms with Gasteiger partial charge in [-0.05, 0) is 47.9 Å². The van der Waals surface area contributed by atoms with Crippen LogP contribution in [0.4, 0.5) is 5.69 Å². The maximum absolute atomic E-state index is 12.5. The molecule has 0 spiro atoms. The molecule has 1 aliphatic rings. The molecule has 0 saturated carbocycles. The Hall–Kier alpha value is -4.55. The second kappa shape index (κ2) is 11.2. The lowest BCUT2D eigenvalue weighted by atomic mass is 9.90. The molecule has 0 fully saturated rings. The van der Waals surface area contributed by atoms with Gasteiger partial charge in [-0.1, -0.05) is 66.7 Å². The van der Waals surface area contributed by atoms with E-state index in [1.807, 2.05) is 97.9 Å². The van der Waals surface area contributed by atoms with Gasteiger partial charge in [0.25, 0.3) is 0 Å². The lowest BCUT2D eigenvalue weighted by molar-refractivity contribution is -0.109. The summed E-state index contributed by atoms with van der Waals surface area (Å²) >= 11 is 0. The van der Waals surface area contributed by atoms with E-state index < -0.39 is 5.92 Å². The number of rotatable bonds is 9. The predicted molar refractivity (Wildman–Crippen MR) is 148 cm³/mol.